The smallest absolute Gasteiger partial charge is 0.256 e. The van der Waals surface area contributed by atoms with E-state index in [1.54, 1.807) is 11.3 Å². The first-order valence-corrected chi connectivity index (χ1v) is 11.2. The topological polar surface area (TPSA) is 41.1 Å². The molecular formula is C27H26N2OS. The molecule has 0 unspecified atom stereocenters. The van der Waals surface area contributed by atoms with E-state index in [0.717, 1.165) is 21.8 Å². The summed E-state index contributed by atoms with van der Waals surface area (Å²) in [7, 11) is 0. The third-order valence-electron chi connectivity index (χ3n) is 5.48. The Morgan fingerprint density at radius 1 is 0.806 bits per heavy atom. The van der Waals surface area contributed by atoms with Gasteiger partial charge in [0.1, 0.15) is 5.00 Å². The predicted octanol–water partition coefficient (Wildman–Crippen LogP) is 7.13. The summed E-state index contributed by atoms with van der Waals surface area (Å²) in [6.45, 7) is 6.32. The minimum Gasteiger partial charge on any atom is -0.374 e. The molecule has 4 rings (SSSR count). The summed E-state index contributed by atoms with van der Waals surface area (Å²) in [6.07, 6.45) is 0. The molecule has 3 nitrogen and oxygen atoms in total. The van der Waals surface area contributed by atoms with Gasteiger partial charge in [0.15, 0.2) is 0 Å². The Morgan fingerprint density at radius 2 is 1.42 bits per heavy atom. The van der Waals surface area contributed by atoms with Crippen LogP contribution in [0.15, 0.2) is 84.9 Å². The molecule has 0 aliphatic carbocycles. The third kappa shape index (κ3) is 4.70. The lowest BCUT2D eigenvalue weighted by Crippen LogP contribution is -2.17. The van der Waals surface area contributed by atoms with Crippen LogP contribution in [0, 0.1) is 20.8 Å². The first-order valence-electron chi connectivity index (χ1n) is 10.4. The highest BCUT2D eigenvalue weighted by Gasteiger charge is 2.24. The van der Waals surface area contributed by atoms with E-state index in [1.807, 2.05) is 36.4 Å². The number of rotatable bonds is 6. The van der Waals surface area contributed by atoms with E-state index < -0.39 is 0 Å². The van der Waals surface area contributed by atoms with E-state index >= 15 is 0 Å². The highest BCUT2D eigenvalue weighted by Crippen LogP contribution is 2.41. The molecule has 0 saturated carbocycles. The van der Waals surface area contributed by atoms with Crippen LogP contribution in [0.25, 0.3) is 0 Å². The fourth-order valence-corrected chi connectivity index (χ4v) is 4.73. The Hall–Kier alpha value is -3.37. The molecule has 0 bridgehead atoms. The summed E-state index contributed by atoms with van der Waals surface area (Å²) in [5, 5.41) is 7.76. The number of carbonyl (C=O) groups excluding carboxylic acids is 1. The maximum atomic E-state index is 12.9. The van der Waals surface area contributed by atoms with Crippen LogP contribution in [0.2, 0.25) is 0 Å². The van der Waals surface area contributed by atoms with Gasteiger partial charge in [0.2, 0.25) is 0 Å². The number of hydrogen-bond donors (Lipinski definition) is 2. The summed E-state index contributed by atoms with van der Waals surface area (Å²) >= 11 is 1.63. The molecule has 2 N–H and O–H groups in total. The molecule has 1 amide bonds. The van der Waals surface area contributed by atoms with Crippen LogP contribution in [0.5, 0.6) is 0 Å². The van der Waals surface area contributed by atoms with Gasteiger partial charge in [-0.2, -0.15) is 0 Å². The normalized spacial score (nSPS) is 11.7. The van der Waals surface area contributed by atoms with Crippen molar-refractivity contribution in [1.82, 2.24) is 0 Å². The molecule has 3 aromatic carbocycles. The van der Waals surface area contributed by atoms with Crippen LogP contribution in [-0.2, 0) is 0 Å². The number of carbonyl (C=O) groups is 1. The molecular weight excluding hydrogens is 400 g/mol. The summed E-state index contributed by atoms with van der Waals surface area (Å²) in [4.78, 5) is 14.1. The molecule has 0 radical (unpaired) electrons. The molecule has 156 valence electrons. The van der Waals surface area contributed by atoms with Crippen LogP contribution >= 0.6 is 11.3 Å². The second-order valence-electron chi connectivity index (χ2n) is 7.70. The van der Waals surface area contributed by atoms with E-state index in [2.05, 4.69) is 79.9 Å². The van der Waals surface area contributed by atoms with Gasteiger partial charge < -0.3 is 10.6 Å². The van der Waals surface area contributed by atoms with Gasteiger partial charge in [-0.25, -0.2) is 0 Å². The molecule has 0 fully saturated rings. The Labute approximate surface area is 187 Å². The summed E-state index contributed by atoms with van der Waals surface area (Å²) in [5.41, 5.74) is 6.38. The molecule has 4 heteroatoms. The van der Waals surface area contributed by atoms with Crippen molar-refractivity contribution in [2.24, 2.45) is 0 Å². The van der Waals surface area contributed by atoms with Crippen molar-refractivity contribution in [1.29, 1.82) is 0 Å². The minimum atomic E-state index is -0.0924. The molecule has 1 aromatic heterocycles. The zero-order chi connectivity index (χ0) is 21.8. The Kier molecular flexibility index (Phi) is 6.19. The van der Waals surface area contributed by atoms with Gasteiger partial charge in [-0.3, -0.25) is 4.79 Å². The highest BCUT2D eigenvalue weighted by atomic mass is 32.1. The molecule has 4 aromatic rings. The lowest BCUT2D eigenvalue weighted by Gasteiger charge is -2.23. The highest BCUT2D eigenvalue weighted by molar-refractivity contribution is 7.16. The number of nitrogens with one attached hydrogen (secondary N) is 2. The fourth-order valence-electron chi connectivity index (χ4n) is 3.63. The number of aryl methyl sites for hydroxylation is 2. The fraction of sp³-hybridized carbons (Fsp3) is 0.148. The Morgan fingerprint density at radius 3 is 2.06 bits per heavy atom. The first-order chi connectivity index (χ1) is 15.0. The maximum absolute atomic E-state index is 12.9. The zero-order valence-corrected chi connectivity index (χ0v) is 18.8. The van der Waals surface area contributed by atoms with Crippen molar-refractivity contribution in [3.63, 3.8) is 0 Å². The molecule has 1 atom stereocenters. The lowest BCUT2D eigenvalue weighted by molar-refractivity contribution is 0.102. The third-order valence-corrected chi connectivity index (χ3v) is 6.62. The quantitative estimate of drug-likeness (QED) is 0.344. The van der Waals surface area contributed by atoms with Gasteiger partial charge in [-0.05, 0) is 56.2 Å². The lowest BCUT2D eigenvalue weighted by atomic mass is 9.96. The average molecular weight is 427 g/mol. The van der Waals surface area contributed by atoms with Gasteiger partial charge >= 0.3 is 0 Å². The molecule has 1 heterocycles. The van der Waals surface area contributed by atoms with Crippen molar-refractivity contribution < 1.29 is 4.79 Å². The van der Waals surface area contributed by atoms with Gasteiger partial charge in [0, 0.05) is 21.7 Å². The van der Waals surface area contributed by atoms with Crippen molar-refractivity contribution in [2.75, 3.05) is 10.6 Å². The van der Waals surface area contributed by atoms with Gasteiger partial charge in [-0.15, -0.1) is 11.3 Å². The SMILES string of the molecule is Cc1ccc(N[C@H](c2ccccc2)c2c(NC(=O)c3ccccc3)sc(C)c2C)cc1. The monoisotopic (exact) mass is 426 g/mol. The zero-order valence-electron chi connectivity index (χ0n) is 18.0. The molecule has 0 aliphatic heterocycles. The molecule has 31 heavy (non-hydrogen) atoms. The standard InChI is InChI=1S/C27H26N2OS/c1-18-14-16-23(17-15-18)28-25(21-10-6-4-7-11-21)24-19(2)20(3)31-27(24)29-26(30)22-12-8-5-9-13-22/h4-17,25,28H,1-3H3,(H,29,30)/t25-/m1/s1. The van der Waals surface area contributed by atoms with Crippen LogP contribution in [-0.4, -0.2) is 5.91 Å². The number of hydrogen-bond acceptors (Lipinski definition) is 3. The molecule has 0 spiro atoms. The number of amides is 1. The largest absolute Gasteiger partial charge is 0.374 e. The van der Waals surface area contributed by atoms with Crippen molar-refractivity contribution in [2.45, 2.75) is 26.8 Å². The van der Waals surface area contributed by atoms with Crippen LogP contribution in [0.4, 0.5) is 10.7 Å². The van der Waals surface area contributed by atoms with Crippen LogP contribution in [0.1, 0.15) is 43.5 Å². The van der Waals surface area contributed by atoms with Gasteiger partial charge in [0.05, 0.1) is 6.04 Å². The van der Waals surface area contributed by atoms with Gasteiger partial charge in [0.25, 0.3) is 5.91 Å². The van der Waals surface area contributed by atoms with E-state index in [4.69, 9.17) is 0 Å². The minimum absolute atomic E-state index is 0.0834. The number of anilines is 2. The number of benzene rings is 3. The van der Waals surface area contributed by atoms with Crippen LogP contribution in [0.3, 0.4) is 0 Å². The maximum Gasteiger partial charge on any atom is 0.256 e. The van der Waals surface area contributed by atoms with Crippen molar-refractivity contribution in [3.05, 3.63) is 118 Å². The predicted molar refractivity (Wildman–Crippen MR) is 131 cm³/mol. The van der Waals surface area contributed by atoms with E-state index in [-0.39, 0.29) is 11.9 Å². The molecule has 0 aliphatic rings. The average Bonchev–Trinajstić information content (AvgIpc) is 3.07. The van der Waals surface area contributed by atoms with E-state index in [9.17, 15) is 4.79 Å². The van der Waals surface area contributed by atoms with Crippen molar-refractivity contribution >= 4 is 27.9 Å². The summed E-state index contributed by atoms with van der Waals surface area (Å²) < 4.78 is 0. The summed E-state index contributed by atoms with van der Waals surface area (Å²) in [5.74, 6) is -0.0924. The van der Waals surface area contributed by atoms with E-state index in [1.165, 1.54) is 16.0 Å². The van der Waals surface area contributed by atoms with Crippen molar-refractivity contribution in [3.8, 4) is 0 Å². The Balaban J connectivity index is 1.75. The Bertz CT molecular complexity index is 1170. The summed E-state index contributed by atoms with van der Waals surface area (Å²) in [6, 6.07) is 28.1. The number of thiophene rings is 1. The second-order valence-corrected chi connectivity index (χ2v) is 8.93. The second kappa shape index (κ2) is 9.19. The van der Waals surface area contributed by atoms with Crippen LogP contribution < -0.4 is 10.6 Å². The van der Waals surface area contributed by atoms with Gasteiger partial charge in [-0.1, -0.05) is 66.2 Å². The molecule has 0 saturated heterocycles. The van der Waals surface area contributed by atoms with E-state index in [0.29, 0.717) is 5.56 Å². The first kappa shape index (κ1) is 20.9.